The molecular weight excluding hydrogens is 526 g/mol. The van der Waals surface area contributed by atoms with Gasteiger partial charge in [-0.1, -0.05) is 36.4 Å². The van der Waals surface area contributed by atoms with E-state index in [1.165, 1.54) is 12.1 Å². The molecule has 0 unspecified atom stereocenters. The van der Waals surface area contributed by atoms with E-state index in [1.807, 2.05) is 24.3 Å². The molecule has 41 heavy (non-hydrogen) atoms. The number of fused-ring (bicyclic) bond motifs is 1. The summed E-state index contributed by atoms with van der Waals surface area (Å²) in [4.78, 5) is 32.7. The van der Waals surface area contributed by atoms with Gasteiger partial charge < -0.3 is 10.7 Å². The summed E-state index contributed by atoms with van der Waals surface area (Å²) >= 11 is 0. The first-order valence-electron chi connectivity index (χ1n) is 14.2. The lowest BCUT2D eigenvalue weighted by Crippen LogP contribution is -2.46. The number of nitrogens with one attached hydrogen (secondary N) is 2. The minimum atomic E-state index is -0.238. The topological polar surface area (TPSA) is 101 Å². The largest absolute Gasteiger partial charge is 0.369 e. The van der Waals surface area contributed by atoms with Crippen LogP contribution in [-0.4, -0.2) is 86.9 Å². The van der Waals surface area contributed by atoms with Gasteiger partial charge >= 0.3 is 0 Å². The van der Waals surface area contributed by atoms with Gasteiger partial charge in [0.15, 0.2) is 0 Å². The molecule has 0 aliphatic carbocycles. The molecule has 0 spiro atoms. The summed E-state index contributed by atoms with van der Waals surface area (Å²) in [6.45, 7) is 9.06. The number of rotatable bonds is 8. The van der Waals surface area contributed by atoms with Crippen molar-refractivity contribution in [2.24, 2.45) is 0 Å². The van der Waals surface area contributed by atoms with Crippen LogP contribution in [0.25, 0.3) is 11.0 Å². The van der Waals surface area contributed by atoms with E-state index in [9.17, 15) is 13.6 Å². The third kappa shape index (κ3) is 6.33. The number of hydrogen-bond donors (Lipinski definition) is 3. The zero-order valence-corrected chi connectivity index (χ0v) is 23.1. The van der Waals surface area contributed by atoms with Crippen molar-refractivity contribution in [2.75, 3.05) is 58.1 Å². The Hall–Kier alpha value is -3.64. The second-order valence-electron chi connectivity index (χ2n) is 11.0. The molecule has 4 N–H and O–H groups in total. The van der Waals surface area contributed by atoms with Crippen LogP contribution >= 0.6 is 0 Å². The lowest BCUT2D eigenvalue weighted by molar-refractivity contribution is 0.115. The van der Waals surface area contributed by atoms with Crippen molar-refractivity contribution in [3.63, 3.8) is 0 Å². The van der Waals surface area contributed by atoms with E-state index in [4.69, 9.17) is 5.73 Å². The normalized spacial score (nSPS) is 17.9. The fourth-order valence-electron chi connectivity index (χ4n) is 5.93. The van der Waals surface area contributed by atoms with E-state index in [0.717, 1.165) is 69.2 Å². The number of benzene rings is 2. The maximum Gasteiger partial charge on any atom is 0.262 e. The number of piperazine rings is 2. The first-order valence-corrected chi connectivity index (χ1v) is 14.2. The maximum absolute atomic E-state index is 14.2. The number of aromatic amines is 2. The Kier molecular flexibility index (Phi) is 8.11. The molecule has 0 bridgehead atoms. The first-order chi connectivity index (χ1) is 19.9. The highest BCUT2D eigenvalue weighted by atomic mass is 19.1. The van der Waals surface area contributed by atoms with Crippen molar-refractivity contribution in [3.8, 4) is 0 Å². The van der Waals surface area contributed by atoms with Gasteiger partial charge in [0.25, 0.3) is 5.56 Å². The van der Waals surface area contributed by atoms with E-state index in [2.05, 4.69) is 34.6 Å². The van der Waals surface area contributed by atoms with Gasteiger partial charge in [0.1, 0.15) is 17.3 Å². The minimum absolute atomic E-state index is 0.0883. The molecule has 9 nitrogen and oxygen atoms in total. The highest BCUT2D eigenvalue weighted by molar-refractivity contribution is 5.81. The summed E-state index contributed by atoms with van der Waals surface area (Å²) < 4.78 is 28.3. The molecule has 2 fully saturated rings. The first kappa shape index (κ1) is 27.5. The van der Waals surface area contributed by atoms with Gasteiger partial charge in [0.05, 0.1) is 5.39 Å². The van der Waals surface area contributed by atoms with Crippen LogP contribution in [0.5, 0.6) is 0 Å². The third-order valence-corrected chi connectivity index (χ3v) is 8.27. The molecule has 216 valence electrons. The molecule has 11 heteroatoms. The van der Waals surface area contributed by atoms with Crippen molar-refractivity contribution >= 4 is 17.0 Å². The van der Waals surface area contributed by atoms with Crippen LogP contribution in [0, 0.1) is 11.6 Å². The van der Waals surface area contributed by atoms with Crippen LogP contribution in [0.15, 0.2) is 53.3 Å². The molecule has 2 aliphatic rings. The smallest absolute Gasteiger partial charge is 0.262 e. The third-order valence-electron chi connectivity index (χ3n) is 8.27. The number of H-pyrrole nitrogens is 2. The number of nitrogen functional groups attached to an aromatic ring is 1. The second kappa shape index (κ2) is 12.1. The number of aromatic nitrogens is 3. The van der Waals surface area contributed by atoms with Crippen molar-refractivity contribution < 1.29 is 8.78 Å². The Morgan fingerprint density at radius 1 is 0.683 bits per heavy atom. The summed E-state index contributed by atoms with van der Waals surface area (Å²) in [5.74, 6) is -0.245. The monoisotopic (exact) mass is 562 g/mol. The number of nitrogens with zero attached hydrogens (tertiary/aromatic N) is 5. The number of anilines is 1. The molecule has 4 heterocycles. The molecule has 0 radical (unpaired) electrons. The molecule has 2 saturated heterocycles. The lowest BCUT2D eigenvalue weighted by Gasteiger charge is -2.36. The molecule has 4 aromatic rings. The van der Waals surface area contributed by atoms with Crippen molar-refractivity contribution in [1.82, 2.24) is 34.6 Å². The zero-order valence-electron chi connectivity index (χ0n) is 23.1. The van der Waals surface area contributed by atoms with Crippen LogP contribution in [0.3, 0.4) is 0 Å². The Morgan fingerprint density at radius 3 is 1.66 bits per heavy atom. The zero-order chi connectivity index (χ0) is 28.3. The van der Waals surface area contributed by atoms with Gasteiger partial charge in [-0.05, 0) is 12.1 Å². The fourth-order valence-corrected chi connectivity index (χ4v) is 5.93. The molecule has 2 aromatic heterocycles. The van der Waals surface area contributed by atoms with Crippen LogP contribution in [0.2, 0.25) is 0 Å². The van der Waals surface area contributed by atoms with Crippen LogP contribution in [-0.2, 0) is 26.2 Å². The summed E-state index contributed by atoms with van der Waals surface area (Å²) in [5.41, 5.74) is 9.48. The summed E-state index contributed by atoms with van der Waals surface area (Å²) in [5, 5.41) is 0.557. The Bertz CT molecular complexity index is 1550. The highest BCUT2D eigenvalue weighted by Crippen LogP contribution is 2.24. The van der Waals surface area contributed by atoms with Gasteiger partial charge in [-0.2, -0.15) is 4.98 Å². The van der Waals surface area contributed by atoms with Crippen LogP contribution in [0.4, 0.5) is 14.7 Å². The SMILES string of the molecule is Nc1nc2[nH]c(CN3CCN(Cc4ccccc4F)CC3)c(CN3CCN(Cc4ccccc4F)CC3)c2c(=O)[nH]1. The van der Waals surface area contributed by atoms with E-state index in [-0.39, 0.29) is 23.1 Å². The average molecular weight is 563 g/mol. The Balaban J connectivity index is 1.12. The minimum Gasteiger partial charge on any atom is -0.369 e. The predicted molar refractivity (Wildman–Crippen MR) is 155 cm³/mol. The Labute approximate surface area is 237 Å². The van der Waals surface area contributed by atoms with Crippen molar-refractivity contribution in [2.45, 2.75) is 26.2 Å². The Morgan fingerprint density at radius 2 is 1.15 bits per heavy atom. The fraction of sp³-hybridized carbons (Fsp3) is 0.400. The van der Waals surface area contributed by atoms with Gasteiger partial charge in [0, 0.05) is 101 Å². The molecule has 6 rings (SSSR count). The number of halogens is 2. The van der Waals surface area contributed by atoms with Crippen LogP contribution < -0.4 is 11.3 Å². The summed E-state index contributed by atoms with van der Waals surface area (Å²) in [7, 11) is 0. The molecule has 2 aliphatic heterocycles. The average Bonchev–Trinajstić information content (AvgIpc) is 3.29. The van der Waals surface area contributed by atoms with Crippen molar-refractivity contribution in [3.05, 3.63) is 92.9 Å². The van der Waals surface area contributed by atoms with Gasteiger partial charge in [-0.15, -0.1) is 0 Å². The van der Waals surface area contributed by atoms with E-state index in [0.29, 0.717) is 42.8 Å². The number of hydrogen-bond acceptors (Lipinski definition) is 7. The second-order valence-corrected chi connectivity index (χ2v) is 11.0. The molecule has 0 amide bonds. The van der Waals surface area contributed by atoms with Gasteiger partial charge in [0.2, 0.25) is 5.95 Å². The van der Waals surface area contributed by atoms with E-state index in [1.54, 1.807) is 12.1 Å². The molecule has 2 aromatic carbocycles. The van der Waals surface area contributed by atoms with E-state index < -0.39 is 0 Å². The summed E-state index contributed by atoms with van der Waals surface area (Å²) in [6, 6.07) is 13.9. The quantitative estimate of drug-likeness (QED) is 0.304. The summed E-state index contributed by atoms with van der Waals surface area (Å²) in [6.07, 6.45) is 0. The maximum atomic E-state index is 14.2. The van der Waals surface area contributed by atoms with Gasteiger partial charge in [-0.3, -0.25) is 29.4 Å². The molecule has 0 saturated carbocycles. The standard InChI is InChI=1S/C30H36F2N8O/c31-24-7-3-1-5-21(24)17-37-9-13-39(14-10-37)19-23-26(34-28-27(23)29(41)36-30(33)35-28)20-40-15-11-38(12-16-40)18-22-6-2-4-8-25(22)32/h1-8H,9-20H2,(H4,33,34,35,36,41). The van der Waals surface area contributed by atoms with Gasteiger partial charge in [-0.25, -0.2) is 8.78 Å². The van der Waals surface area contributed by atoms with Crippen LogP contribution in [0.1, 0.15) is 22.4 Å². The number of nitrogens with two attached hydrogens (primary N) is 1. The van der Waals surface area contributed by atoms with Crippen molar-refractivity contribution in [1.29, 1.82) is 0 Å². The molecule has 0 atom stereocenters. The lowest BCUT2D eigenvalue weighted by atomic mass is 10.1. The highest BCUT2D eigenvalue weighted by Gasteiger charge is 2.25. The predicted octanol–water partition coefficient (Wildman–Crippen LogP) is 2.75. The van der Waals surface area contributed by atoms with E-state index >= 15 is 0 Å². The molecular formula is C30H36F2N8O.